The van der Waals surface area contributed by atoms with Crippen molar-refractivity contribution in [2.45, 2.75) is 19.0 Å². The van der Waals surface area contributed by atoms with E-state index >= 15 is 0 Å². The second kappa shape index (κ2) is 7.26. The zero-order chi connectivity index (χ0) is 16.1. The number of furan rings is 1. The van der Waals surface area contributed by atoms with Gasteiger partial charge in [-0.2, -0.15) is 0 Å². The number of halogens is 1. The van der Waals surface area contributed by atoms with Crippen LogP contribution in [0.15, 0.2) is 40.8 Å². The molecule has 6 nitrogen and oxygen atoms in total. The molecule has 1 fully saturated rings. The average Bonchev–Trinajstić information content (AvgIpc) is 3.23. The van der Waals surface area contributed by atoms with Gasteiger partial charge in [0.05, 0.1) is 6.54 Å². The number of hydrogen-bond acceptors (Lipinski definition) is 4. The van der Waals surface area contributed by atoms with E-state index in [0.29, 0.717) is 24.6 Å². The molecule has 4 N–H and O–H groups in total. The van der Waals surface area contributed by atoms with Crippen LogP contribution < -0.4 is 21.5 Å². The molecule has 0 bridgehead atoms. The number of urea groups is 1. The number of benzene rings is 1. The number of amides is 2. The number of hydrazine groups is 1. The molecule has 2 amide bonds. The zero-order valence-corrected chi connectivity index (χ0v) is 12.6. The zero-order valence-electron chi connectivity index (χ0n) is 12.6. The maximum Gasteiger partial charge on any atom is 0.315 e. The summed E-state index contributed by atoms with van der Waals surface area (Å²) in [5.41, 5.74) is 6.88. The Morgan fingerprint density at radius 1 is 1.22 bits per heavy atom. The molecule has 0 radical (unpaired) electrons. The van der Waals surface area contributed by atoms with Crippen molar-refractivity contribution in [2.75, 3.05) is 13.1 Å². The summed E-state index contributed by atoms with van der Waals surface area (Å²) in [7, 11) is 0. The second-order valence-corrected chi connectivity index (χ2v) is 5.39. The van der Waals surface area contributed by atoms with Gasteiger partial charge in [0.25, 0.3) is 0 Å². The first-order valence-corrected chi connectivity index (χ1v) is 7.55. The smallest absolute Gasteiger partial charge is 0.315 e. The van der Waals surface area contributed by atoms with E-state index < -0.39 is 0 Å². The molecular weight excluding hydrogens is 299 g/mol. The number of nitrogens with one attached hydrogen (secondary N) is 4. The molecule has 2 aromatic rings. The van der Waals surface area contributed by atoms with Crippen molar-refractivity contribution in [1.82, 2.24) is 21.5 Å². The Morgan fingerprint density at radius 3 is 2.78 bits per heavy atom. The van der Waals surface area contributed by atoms with Crippen molar-refractivity contribution in [1.29, 1.82) is 0 Å². The maximum absolute atomic E-state index is 12.9. The maximum atomic E-state index is 12.9. The third-order valence-electron chi connectivity index (χ3n) is 3.65. The molecule has 0 aliphatic carbocycles. The van der Waals surface area contributed by atoms with E-state index in [1.807, 2.05) is 0 Å². The van der Waals surface area contributed by atoms with Gasteiger partial charge in [0.1, 0.15) is 17.3 Å². The summed E-state index contributed by atoms with van der Waals surface area (Å²) in [6.45, 7) is 1.77. The van der Waals surface area contributed by atoms with E-state index in [2.05, 4.69) is 21.5 Å². The van der Waals surface area contributed by atoms with E-state index in [9.17, 15) is 9.18 Å². The lowest BCUT2D eigenvalue weighted by atomic mass is 10.2. The second-order valence-electron chi connectivity index (χ2n) is 5.39. The van der Waals surface area contributed by atoms with Crippen LogP contribution in [-0.4, -0.2) is 25.2 Å². The molecule has 1 aliphatic heterocycles. The highest BCUT2D eigenvalue weighted by molar-refractivity contribution is 5.73. The van der Waals surface area contributed by atoms with Crippen LogP contribution in [0.1, 0.15) is 12.2 Å². The van der Waals surface area contributed by atoms with E-state index in [4.69, 9.17) is 4.42 Å². The summed E-state index contributed by atoms with van der Waals surface area (Å²) in [4.78, 5) is 11.7. The lowest BCUT2D eigenvalue weighted by molar-refractivity contribution is 0.238. The van der Waals surface area contributed by atoms with Crippen LogP contribution in [0.25, 0.3) is 11.3 Å². The molecule has 1 unspecified atom stereocenters. The molecule has 2 heterocycles. The molecule has 0 spiro atoms. The summed E-state index contributed by atoms with van der Waals surface area (Å²) in [5, 5.41) is 5.55. The fraction of sp³-hybridized carbons (Fsp3) is 0.312. The minimum absolute atomic E-state index is 0.238. The van der Waals surface area contributed by atoms with Crippen molar-refractivity contribution in [2.24, 2.45) is 0 Å². The fourth-order valence-corrected chi connectivity index (χ4v) is 2.38. The monoisotopic (exact) mass is 318 g/mol. The van der Waals surface area contributed by atoms with Gasteiger partial charge >= 0.3 is 6.03 Å². The molecule has 1 aliphatic rings. The summed E-state index contributed by atoms with van der Waals surface area (Å²) in [6, 6.07) is 9.69. The molecule has 1 saturated heterocycles. The summed E-state index contributed by atoms with van der Waals surface area (Å²) in [5.74, 6) is 0.995. The van der Waals surface area contributed by atoms with Crippen molar-refractivity contribution in [3.63, 3.8) is 0 Å². The SMILES string of the molecule is O=C(NCc1ccc(-c2ccc(F)cc2)o1)NCC1CCNN1. The molecule has 7 heteroatoms. The first-order valence-electron chi connectivity index (χ1n) is 7.55. The Kier molecular flexibility index (Phi) is 4.89. The molecule has 0 saturated carbocycles. The Morgan fingerprint density at radius 2 is 2.04 bits per heavy atom. The fourth-order valence-electron chi connectivity index (χ4n) is 2.38. The van der Waals surface area contributed by atoms with Gasteiger partial charge in [0, 0.05) is 24.7 Å². The van der Waals surface area contributed by atoms with Gasteiger partial charge in [-0.1, -0.05) is 0 Å². The first kappa shape index (κ1) is 15.5. The standard InChI is InChI=1S/C16H19FN4O2/c17-12-3-1-11(2-4-12)15-6-5-14(23-15)10-19-16(22)18-9-13-7-8-20-21-13/h1-6,13,20-21H,7-10H2,(H2,18,19,22). The minimum Gasteiger partial charge on any atom is -0.459 e. The molecule has 23 heavy (non-hydrogen) atoms. The van der Waals surface area contributed by atoms with Crippen molar-refractivity contribution < 1.29 is 13.6 Å². The Balaban J connectivity index is 1.47. The van der Waals surface area contributed by atoms with Gasteiger partial charge in [0.15, 0.2) is 0 Å². The third kappa shape index (κ3) is 4.30. The van der Waals surface area contributed by atoms with Crippen LogP contribution in [0.4, 0.5) is 9.18 Å². The van der Waals surface area contributed by atoms with Gasteiger partial charge in [0.2, 0.25) is 0 Å². The van der Waals surface area contributed by atoms with Gasteiger partial charge in [-0.05, 0) is 42.8 Å². The normalized spacial score (nSPS) is 17.2. The molecular formula is C16H19FN4O2. The van der Waals surface area contributed by atoms with Gasteiger partial charge in [-0.25, -0.2) is 9.18 Å². The predicted molar refractivity (Wildman–Crippen MR) is 83.9 cm³/mol. The average molecular weight is 318 g/mol. The predicted octanol–water partition coefficient (Wildman–Crippen LogP) is 1.75. The largest absolute Gasteiger partial charge is 0.459 e. The quantitative estimate of drug-likeness (QED) is 0.677. The Labute approximate surface area is 133 Å². The topological polar surface area (TPSA) is 78.3 Å². The first-order chi connectivity index (χ1) is 11.2. The number of rotatable bonds is 5. The van der Waals surface area contributed by atoms with Crippen molar-refractivity contribution in [3.05, 3.63) is 48.0 Å². The number of carbonyl (C=O) groups excluding carboxylic acids is 1. The summed E-state index contributed by atoms with van der Waals surface area (Å²) in [6.07, 6.45) is 0.986. The highest BCUT2D eigenvalue weighted by atomic mass is 19.1. The lowest BCUT2D eigenvalue weighted by Crippen LogP contribution is -2.43. The molecule has 122 valence electrons. The molecule has 1 atom stereocenters. The minimum atomic E-state index is -0.286. The Hall–Kier alpha value is -2.38. The van der Waals surface area contributed by atoms with E-state index in [1.54, 1.807) is 24.3 Å². The molecule has 1 aromatic heterocycles. The van der Waals surface area contributed by atoms with Crippen LogP contribution in [-0.2, 0) is 6.54 Å². The molecule has 1 aromatic carbocycles. The third-order valence-corrected chi connectivity index (χ3v) is 3.65. The van der Waals surface area contributed by atoms with Crippen LogP contribution in [0.3, 0.4) is 0 Å². The van der Waals surface area contributed by atoms with Gasteiger partial charge < -0.3 is 15.1 Å². The van der Waals surface area contributed by atoms with Crippen LogP contribution in [0.2, 0.25) is 0 Å². The van der Waals surface area contributed by atoms with Gasteiger partial charge in [-0.3, -0.25) is 10.9 Å². The lowest BCUT2D eigenvalue weighted by Gasteiger charge is -2.11. The van der Waals surface area contributed by atoms with Crippen molar-refractivity contribution in [3.8, 4) is 11.3 Å². The van der Waals surface area contributed by atoms with Crippen molar-refractivity contribution >= 4 is 6.03 Å². The van der Waals surface area contributed by atoms with Gasteiger partial charge in [-0.15, -0.1) is 0 Å². The van der Waals surface area contributed by atoms with E-state index in [-0.39, 0.29) is 17.9 Å². The highest BCUT2D eigenvalue weighted by Crippen LogP contribution is 2.22. The Bertz CT molecular complexity index is 650. The van der Waals surface area contributed by atoms with Crippen LogP contribution in [0.5, 0.6) is 0 Å². The highest BCUT2D eigenvalue weighted by Gasteiger charge is 2.14. The van der Waals surface area contributed by atoms with E-state index in [1.165, 1.54) is 12.1 Å². The summed E-state index contributed by atoms with van der Waals surface area (Å²) < 4.78 is 18.6. The van der Waals surface area contributed by atoms with Crippen LogP contribution >= 0.6 is 0 Å². The molecule has 3 rings (SSSR count). The summed E-state index contributed by atoms with van der Waals surface area (Å²) >= 11 is 0. The number of carbonyl (C=O) groups is 1. The van der Waals surface area contributed by atoms with Crippen LogP contribution in [0, 0.1) is 5.82 Å². The van der Waals surface area contributed by atoms with E-state index in [0.717, 1.165) is 18.5 Å². The number of hydrogen-bond donors (Lipinski definition) is 4.